The molecule has 10 heteroatoms. The molecule has 1 aliphatic rings. The van der Waals surface area contributed by atoms with Crippen molar-refractivity contribution in [2.75, 3.05) is 12.4 Å². The van der Waals surface area contributed by atoms with Gasteiger partial charge in [0, 0.05) is 19.1 Å². The number of amides is 1. The number of hydrogen-bond acceptors (Lipinski definition) is 4. The Bertz CT molecular complexity index is 814. The lowest BCUT2D eigenvalue weighted by Crippen LogP contribution is -2.50. The zero-order chi connectivity index (χ0) is 23.0. The van der Waals surface area contributed by atoms with E-state index in [2.05, 4.69) is 5.32 Å². The van der Waals surface area contributed by atoms with E-state index < -0.39 is 52.5 Å². The first kappa shape index (κ1) is 23.8. The molecule has 0 aromatic heterocycles. The molecular formula is C20H26F4N2O4. The van der Waals surface area contributed by atoms with Crippen LogP contribution in [0.2, 0.25) is 0 Å². The van der Waals surface area contributed by atoms with Gasteiger partial charge in [0.25, 0.3) is 0 Å². The predicted molar refractivity (Wildman–Crippen MR) is 102 cm³/mol. The van der Waals surface area contributed by atoms with E-state index in [9.17, 15) is 27.2 Å². The van der Waals surface area contributed by atoms with Crippen LogP contribution in [0.15, 0.2) is 12.1 Å². The van der Waals surface area contributed by atoms with Crippen LogP contribution in [0.4, 0.5) is 28.0 Å². The van der Waals surface area contributed by atoms with Gasteiger partial charge in [0.05, 0.1) is 11.3 Å². The summed E-state index contributed by atoms with van der Waals surface area (Å²) >= 11 is 0. The average Bonchev–Trinajstić information content (AvgIpc) is 2.49. The van der Waals surface area contributed by atoms with Crippen LogP contribution in [-0.2, 0) is 10.9 Å². The van der Waals surface area contributed by atoms with E-state index in [1.54, 1.807) is 34.7 Å². The van der Waals surface area contributed by atoms with Crippen molar-refractivity contribution in [2.24, 2.45) is 5.92 Å². The van der Waals surface area contributed by atoms with Crippen molar-refractivity contribution in [2.45, 2.75) is 64.4 Å². The van der Waals surface area contributed by atoms with Gasteiger partial charge in [0.1, 0.15) is 17.0 Å². The van der Waals surface area contributed by atoms with E-state index in [4.69, 9.17) is 9.84 Å². The number of ether oxygens (including phenoxy) is 1. The number of benzene rings is 1. The van der Waals surface area contributed by atoms with Crippen molar-refractivity contribution in [3.05, 3.63) is 29.1 Å². The molecule has 1 aromatic rings. The number of carbonyl (C=O) groups excluding carboxylic acids is 1. The van der Waals surface area contributed by atoms with Crippen molar-refractivity contribution in [1.82, 2.24) is 4.90 Å². The molecular weight excluding hydrogens is 408 g/mol. The number of alkyl halides is 3. The van der Waals surface area contributed by atoms with Crippen LogP contribution < -0.4 is 5.32 Å². The highest BCUT2D eigenvalue weighted by Gasteiger charge is 2.41. The molecule has 168 valence electrons. The van der Waals surface area contributed by atoms with Gasteiger partial charge in [-0.2, -0.15) is 13.2 Å². The molecule has 30 heavy (non-hydrogen) atoms. The molecule has 1 atom stereocenters. The Balaban J connectivity index is 2.10. The summed E-state index contributed by atoms with van der Waals surface area (Å²) in [6.45, 7) is 6.88. The first-order valence-electron chi connectivity index (χ1n) is 9.46. The van der Waals surface area contributed by atoms with E-state index in [1.165, 1.54) is 4.90 Å². The quantitative estimate of drug-likeness (QED) is 0.639. The number of rotatable bonds is 5. The molecule has 1 aromatic carbocycles. The third-order valence-electron chi connectivity index (χ3n) is 5.09. The number of anilines is 1. The Hall–Kier alpha value is -2.52. The molecule has 6 nitrogen and oxygen atoms in total. The van der Waals surface area contributed by atoms with Gasteiger partial charge in [-0.05, 0) is 58.6 Å². The second-order valence-corrected chi connectivity index (χ2v) is 8.59. The van der Waals surface area contributed by atoms with Gasteiger partial charge in [-0.15, -0.1) is 0 Å². The summed E-state index contributed by atoms with van der Waals surface area (Å²) in [5, 5.41) is 11.7. The zero-order valence-corrected chi connectivity index (χ0v) is 17.4. The minimum Gasteiger partial charge on any atom is -0.478 e. The van der Waals surface area contributed by atoms with Crippen molar-refractivity contribution < 1.29 is 37.0 Å². The Morgan fingerprint density at radius 1 is 1.23 bits per heavy atom. The fourth-order valence-corrected chi connectivity index (χ4v) is 3.33. The lowest BCUT2D eigenvalue weighted by atomic mass is 9.75. The minimum absolute atomic E-state index is 0.0856. The highest BCUT2D eigenvalue weighted by atomic mass is 19.4. The van der Waals surface area contributed by atoms with Gasteiger partial charge in [-0.1, -0.05) is 0 Å². The number of carboxylic acid groups (broad SMARTS) is 1. The lowest BCUT2D eigenvalue weighted by molar-refractivity contribution is -0.139. The maximum Gasteiger partial charge on any atom is 0.421 e. The fraction of sp³-hybridized carbons (Fsp3) is 0.600. The van der Waals surface area contributed by atoms with Crippen LogP contribution >= 0.6 is 0 Å². The molecule has 1 amide bonds. The summed E-state index contributed by atoms with van der Waals surface area (Å²) in [5.74, 6) is -3.26. The molecule has 2 N–H and O–H groups in total. The number of halogens is 4. The van der Waals surface area contributed by atoms with Crippen molar-refractivity contribution in [3.8, 4) is 0 Å². The van der Waals surface area contributed by atoms with E-state index >= 15 is 0 Å². The van der Waals surface area contributed by atoms with Crippen molar-refractivity contribution >= 4 is 17.7 Å². The first-order valence-corrected chi connectivity index (χ1v) is 9.46. The summed E-state index contributed by atoms with van der Waals surface area (Å²) in [6, 6.07) is 0.514. The van der Waals surface area contributed by atoms with Crippen LogP contribution in [-0.4, -0.2) is 46.8 Å². The molecule has 2 rings (SSSR count). The Labute approximate surface area is 172 Å². The molecule has 0 heterocycles. The first-order chi connectivity index (χ1) is 13.6. The number of carboxylic acids is 1. The SMILES string of the molecule is C[C@H](Nc1cc(C(=O)O)cc(F)c1C(F)(F)F)C1CC(N(C)C(=O)OC(C)(C)C)C1. The summed E-state index contributed by atoms with van der Waals surface area (Å²) in [7, 11) is 1.60. The third-order valence-corrected chi connectivity index (χ3v) is 5.09. The van der Waals surface area contributed by atoms with Crippen LogP contribution in [0.1, 0.15) is 56.5 Å². The van der Waals surface area contributed by atoms with E-state index in [0.29, 0.717) is 18.9 Å². The number of aromatic carboxylic acids is 1. The molecule has 0 saturated heterocycles. The van der Waals surface area contributed by atoms with E-state index in [1.807, 2.05) is 0 Å². The molecule has 1 aliphatic carbocycles. The lowest BCUT2D eigenvalue weighted by Gasteiger charge is -2.44. The van der Waals surface area contributed by atoms with Gasteiger partial charge in [0.2, 0.25) is 0 Å². The van der Waals surface area contributed by atoms with Crippen LogP contribution in [0.5, 0.6) is 0 Å². The van der Waals surface area contributed by atoms with Crippen LogP contribution in [0.3, 0.4) is 0 Å². The summed E-state index contributed by atoms with van der Waals surface area (Å²) in [6.07, 6.45) is -4.43. The van der Waals surface area contributed by atoms with Crippen LogP contribution in [0, 0.1) is 11.7 Å². The Kier molecular flexibility index (Phi) is 6.58. The Morgan fingerprint density at radius 3 is 2.27 bits per heavy atom. The van der Waals surface area contributed by atoms with Gasteiger partial charge in [-0.3, -0.25) is 0 Å². The Morgan fingerprint density at radius 2 is 1.80 bits per heavy atom. The molecule has 1 fully saturated rings. The standard InChI is InChI=1S/C20H26F4N2O4/c1-10(11-6-13(7-11)26(5)18(29)30-19(2,3)4)25-15-9-12(17(27)28)8-14(21)16(15)20(22,23)24/h8-11,13,25H,6-7H2,1-5H3,(H,27,28)/t10-,11?,13?/m0/s1. The smallest absolute Gasteiger partial charge is 0.421 e. The zero-order valence-electron chi connectivity index (χ0n) is 17.4. The molecule has 0 spiro atoms. The summed E-state index contributed by atoms with van der Waals surface area (Å²) < 4.78 is 59.2. The highest BCUT2D eigenvalue weighted by molar-refractivity contribution is 5.89. The average molecular weight is 434 g/mol. The monoisotopic (exact) mass is 434 g/mol. The van der Waals surface area contributed by atoms with Crippen molar-refractivity contribution in [1.29, 1.82) is 0 Å². The molecule has 1 saturated carbocycles. The summed E-state index contributed by atoms with van der Waals surface area (Å²) in [5.41, 5.74) is -3.36. The minimum atomic E-state index is -4.98. The van der Waals surface area contributed by atoms with Crippen molar-refractivity contribution in [3.63, 3.8) is 0 Å². The molecule has 0 radical (unpaired) electrons. The highest BCUT2D eigenvalue weighted by Crippen LogP contribution is 2.40. The predicted octanol–water partition coefficient (Wildman–Crippen LogP) is 4.99. The number of nitrogens with one attached hydrogen (secondary N) is 1. The largest absolute Gasteiger partial charge is 0.478 e. The maximum atomic E-state index is 14.0. The number of carbonyl (C=O) groups is 2. The number of nitrogens with zero attached hydrogens (tertiary/aromatic N) is 1. The van der Waals surface area contributed by atoms with Gasteiger partial charge < -0.3 is 20.1 Å². The third kappa shape index (κ3) is 5.54. The topological polar surface area (TPSA) is 78.9 Å². The van der Waals surface area contributed by atoms with E-state index in [-0.39, 0.29) is 12.0 Å². The fourth-order valence-electron chi connectivity index (χ4n) is 3.33. The normalized spacial score (nSPS) is 20.2. The van der Waals surface area contributed by atoms with Gasteiger partial charge in [0.15, 0.2) is 0 Å². The van der Waals surface area contributed by atoms with Gasteiger partial charge >= 0.3 is 18.2 Å². The number of hydrogen-bond donors (Lipinski definition) is 2. The van der Waals surface area contributed by atoms with Crippen LogP contribution in [0.25, 0.3) is 0 Å². The molecule has 0 unspecified atom stereocenters. The second-order valence-electron chi connectivity index (χ2n) is 8.59. The summed E-state index contributed by atoms with van der Waals surface area (Å²) in [4.78, 5) is 24.7. The van der Waals surface area contributed by atoms with Gasteiger partial charge in [-0.25, -0.2) is 14.0 Å². The second kappa shape index (κ2) is 8.31. The maximum absolute atomic E-state index is 14.0. The molecule has 0 aliphatic heterocycles. The molecule has 0 bridgehead atoms. The van der Waals surface area contributed by atoms with E-state index in [0.717, 1.165) is 6.07 Å².